The lowest BCUT2D eigenvalue weighted by molar-refractivity contribution is -0.00939. The molecule has 216 valence electrons. The topological polar surface area (TPSA) is 26.7 Å². The average molecular weight is 573 g/mol. The number of aromatic hydroxyl groups is 1. The van der Waals surface area contributed by atoms with Crippen molar-refractivity contribution in [3.05, 3.63) is 150 Å². The Morgan fingerprint density at radius 2 is 0.955 bits per heavy atom. The molecule has 1 N–H and O–H groups in total. The highest BCUT2D eigenvalue weighted by Crippen LogP contribution is 2.40. The first kappa shape index (κ1) is 26.9. The van der Waals surface area contributed by atoms with Crippen molar-refractivity contribution >= 4 is 43.1 Å². The van der Waals surface area contributed by atoms with Gasteiger partial charge in [0.15, 0.2) is 0 Å². The minimum Gasteiger partial charge on any atom is -0.508 e. The van der Waals surface area contributed by atoms with Gasteiger partial charge in [-0.25, -0.2) is 0 Å². The van der Waals surface area contributed by atoms with Gasteiger partial charge >= 0.3 is 0 Å². The Labute approximate surface area is 258 Å². The fourth-order valence-corrected chi connectivity index (χ4v) is 7.51. The summed E-state index contributed by atoms with van der Waals surface area (Å²) in [4.78, 5) is 5.19. The van der Waals surface area contributed by atoms with Gasteiger partial charge in [-0.05, 0) is 91.3 Å². The maximum atomic E-state index is 11.4. The van der Waals surface area contributed by atoms with Crippen LogP contribution in [-0.4, -0.2) is 28.0 Å². The van der Waals surface area contributed by atoms with Gasteiger partial charge in [0.2, 0.25) is 0 Å². The van der Waals surface area contributed by atoms with Crippen LogP contribution in [0.5, 0.6) is 5.75 Å². The number of benzene rings is 7. The Morgan fingerprint density at radius 3 is 1.36 bits per heavy atom. The van der Waals surface area contributed by atoms with E-state index in [0.717, 1.165) is 43.7 Å². The summed E-state index contributed by atoms with van der Waals surface area (Å²) in [7, 11) is 0. The lowest BCUT2D eigenvalue weighted by Crippen LogP contribution is -2.47. The second-order valence-corrected chi connectivity index (χ2v) is 12.3. The minimum absolute atomic E-state index is 0.0696. The standard InChI is InChI=1S/C41H36N2O/c1-28-19-20-37(40(44)23-28)41-42(26-38-33-15-6-2-11-29(33)24-30-12-3-7-16-34(30)38)21-10-22-43(41)27-39-35-17-8-4-13-31(35)25-32-14-5-9-18-36(32)39/h2-9,11-20,23-25,41,44H,10,21-22,26-27H2,1H3. The molecule has 3 nitrogen and oxygen atoms in total. The molecule has 3 heteroatoms. The normalized spacial score (nSPS) is 15.1. The molecule has 0 aliphatic carbocycles. The summed E-state index contributed by atoms with van der Waals surface area (Å²) in [6, 6.07) is 45.9. The number of phenolic OH excluding ortho intramolecular Hbond substituents is 1. The predicted octanol–water partition coefficient (Wildman–Crippen LogP) is 9.72. The van der Waals surface area contributed by atoms with E-state index in [-0.39, 0.29) is 6.17 Å². The molecular weight excluding hydrogens is 536 g/mol. The largest absolute Gasteiger partial charge is 0.508 e. The van der Waals surface area contributed by atoms with Gasteiger partial charge in [0.25, 0.3) is 0 Å². The summed E-state index contributed by atoms with van der Waals surface area (Å²) in [5, 5.41) is 21.7. The van der Waals surface area contributed by atoms with E-state index in [0.29, 0.717) is 5.75 Å². The smallest absolute Gasteiger partial charge is 0.121 e. The molecule has 0 bridgehead atoms. The van der Waals surface area contributed by atoms with Crippen LogP contribution in [0, 0.1) is 6.92 Å². The van der Waals surface area contributed by atoms with Gasteiger partial charge < -0.3 is 5.11 Å². The van der Waals surface area contributed by atoms with Crippen molar-refractivity contribution < 1.29 is 5.11 Å². The second kappa shape index (κ2) is 11.1. The summed E-state index contributed by atoms with van der Waals surface area (Å²) in [6.07, 6.45) is 0.994. The van der Waals surface area contributed by atoms with Gasteiger partial charge in [0.05, 0.1) is 6.17 Å². The molecule has 1 aliphatic heterocycles. The van der Waals surface area contributed by atoms with Crippen molar-refractivity contribution in [1.82, 2.24) is 9.80 Å². The van der Waals surface area contributed by atoms with E-state index in [2.05, 4.69) is 131 Å². The SMILES string of the molecule is Cc1ccc(C2N(Cc3c4ccccc4cc4ccccc34)CCCN2Cc2c3ccccc3cc3ccccc23)c(O)c1. The van der Waals surface area contributed by atoms with Crippen LogP contribution in [0.4, 0.5) is 0 Å². The third-order valence-electron chi connectivity index (χ3n) is 9.53. The number of fused-ring (bicyclic) bond motifs is 4. The Balaban J connectivity index is 1.28. The van der Waals surface area contributed by atoms with Crippen LogP contribution >= 0.6 is 0 Å². The quantitative estimate of drug-likeness (QED) is 0.208. The monoisotopic (exact) mass is 572 g/mol. The summed E-state index contributed by atoms with van der Waals surface area (Å²) in [6.45, 7) is 5.56. The summed E-state index contributed by atoms with van der Waals surface area (Å²) < 4.78 is 0. The predicted molar refractivity (Wildman–Crippen MR) is 184 cm³/mol. The maximum Gasteiger partial charge on any atom is 0.121 e. The lowest BCUT2D eigenvalue weighted by Gasteiger charge is -2.45. The number of rotatable bonds is 5. The van der Waals surface area contributed by atoms with Gasteiger partial charge in [-0.2, -0.15) is 0 Å². The van der Waals surface area contributed by atoms with Crippen LogP contribution < -0.4 is 0 Å². The van der Waals surface area contributed by atoms with Gasteiger partial charge in [0.1, 0.15) is 5.75 Å². The Kier molecular flexibility index (Phi) is 6.78. The highest BCUT2D eigenvalue weighted by Gasteiger charge is 2.33. The van der Waals surface area contributed by atoms with E-state index >= 15 is 0 Å². The van der Waals surface area contributed by atoms with Crippen molar-refractivity contribution in [3.63, 3.8) is 0 Å². The lowest BCUT2D eigenvalue weighted by atomic mass is 9.94. The van der Waals surface area contributed by atoms with Crippen LogP contribution in [0.25, 0.3) is 43.1 Å². The first-order chi connectivity index (χ1) is 21.6. The molecular formula is C41H36N2O. The Morgan fingerprint density at radius 1 is 0.545 bits per heavy atom. The van der Waals surface area contributed by atoms with E-state index in [1.165, 1.54) is 54.2 Å². The molecule has 0 saturated carbocycles. The summed E-state index contributed by atoms with van der Waals surface area (Å²) in [5.74, 6) is 0.373. The van der Waals surface area contributed by atoms with Gasteiger partial charge in [-0.15, -0.1) is 0 Å². The molecule has 1 saturated heterocycles. The molecule has 0 atom stereocenters. The number of phenols is 1. The highest BCUT2D eigenvalue weighted by molar-refractivity contribution is 6.03. The zero-order chi connectivity index (χ0) is 29.6. The second-order valence-electron chi connectivity index (χ2n) is 12.3. The van der Waals surface area contributed by atoms with Crippen molar-refractivity contribution in [1.29, 1.82) is 0 Å². The molecule has 44 heavy (non-hydrogen) atoms. The van der Waals surface area contributed by atoms with E-state index in [4.69, 9.17) is 0 Å². The van der Waals surface area contributed by atoms with E-state index in [9.17, 15) is 5.11 Å². The fourth-order valence-electron chi connectivity index (χ4n) is 7.51. The third kappa shape index (κ3) is 4.70. The van der Waals surface area contributed by atoms with Crippen LogP contribution in [-0.2, 0) is 13.1 Å². The van der Waals surface area contributed by atoms with Crippen LogP contribution in [0.3, 0.4) is 0 Å². The number of nitrogens with zero attached hydrogens (tertiary/aromatic N) is 2. The molecule has 0 spiro atoms. The highest BCUT2D eigenvalue weighted by atomic mass is 16.3. The number of hydrogen-bond donors (Lipinski definition) is 1. The van der Waals surface area contributed by atoms with E-state index in [1.807, 2.05) is 13.0 Å². The van der Waals surface area contributed by atoms with Crippen molar-refractivity contribution in [2.45, 2.75) is 32.6 Å². The van der Waals surface area contributed by atoms with Gasteiger partial charge in [-0.3, -0.25) is 9.80 Å². The summed E-state index contributed by atoms with van der Waals surface area (Å²) >= 11 is 0. The zero-order valence-electron chi connectivity index (χ0n) is 25.1. The maximum absolute atomic E-state index is 11.4. The molecule has 7 aromatic carbocycles. The Bertz CT molecular complexity index is 1930. The average Bonchev–Trinajstić information content (AvgIpc) is 3.05. The molecule has 7 aromatic rings. The number of aryl methyl sites for hydroxylation is 1. The van der Waals surface area contributed by atoms with Crippen LogP contribution in [0.15, 0.2) is 127 Å². The van der Waals surface area contributed by atoms with Crippen LogP contribution in [0.2, 0.25) is 0 Å². The van der Waals surface area contributed by atoms with Gasteiger partial charge in [0, 0.05) is 31.7 Å². The van der Waals surface area contributed by atoms with E-state index in [1.54, 1.807) is 0 Å². The van der Waals surface area contributed by atoms with Crippen molar-refractivity contribution in [2.24, 2.45) is 0 Å². The molecule has 0 radical (unpaired) electrons. The van der Waals surface area contributed by atoms with Gasteiger partial charge in [-0.1, -0.05) is 109 Å². The Hall–Kier alpha value is -4.70. The molecule has 8 rings (SSSR count). The fraction of sp³-hybridized carbons (Fsp3) is 0.171. The molecule has 0 unspecified atom stereocenters. The van der Waals surface area contributed by atoms with Crippen LogP contribution in [0.1, 0.15) is 34.8 Å². The molecule has 1 aliphatic rings. The summed E-state index contributed by atoms with van der Waals surface area (Å²) in [5.41, 5.74) is 4.75. The van der Waals surface area contributed by atoms with Crippen molar-refractivity contribution in [3.8, 4) is 5.75 Å². The zero-order valence-corrected chi connectivity index (χ0v) is 25.1. The van der Waals surface area contributed by atoms with Crippen molar-refractivity contribution in [2.75, 3.05) is 13.1 Å². The molecule has 1 fully saturated rings. The molecule has 0 amide bonds. The molecule has 0 aromatic heterocycles. The van der Waals surface area contributed by atoms with E-state index < -0.39 is 0 Å². The third-order valence-corrected chi connectivity index (χ3v) is 9.53. The number of hydrogen-bond acceptors (Lipinski definition) is 3. The first-order valence-corrected chi connectivity index (χ1v) is 15.7. The molecule has 1 heterocycles. The first-order valence-electron chi connectivity index (χ1n) is 15.7. The minimum atomic E-state index is -0.0696.